The van der Waals surface area contributed by atoms with Crippen LogP contribution in [0.5, 0.6) is 11.5 Å². The average Bonchev–Trinajstić information content (AvgIpc) is 2.73. The number of aryl methyl sites for hydroxylation is 1. The van der Waals surface area contributed by atoms with Crippen molar-refractivity contribution >= 4 is 0 Å². The van der Waals surface area contributed by atoms with Gasteiger partial charge in [-0.1, -0.05) is 135 Å². The van der Waals surface area contributed by atoms with Crippen molar-refractivity contribution in [1.29, 1.82) is 0 Å². The lowest BCUT2D eigenvalue weighted by molar-refractivity contribution is 0.444. The highest BCUT2D eigenvalue weighted by Crippen LogP contribution is 2.24. The van der Waals surface area contributed by atoms with Gasteiger partial charge in [-0.05, 0) is 24.5 Å². The van der Waals surface area contributed by atoms with Gasteiger partial charge in [0.25, 0.3) is 0 Å². The largest absolute Gasteiger partial charge is 0.508 e. The minimum Gasteiger partial charge on any atom is -0.508 e. The molecule has 0 spiro atoms. The molecule has 0 saturated carbocycles. The molecule has 2 nitrogen and oxygen atoms in total. The zero-order valence-corrected chi connectivity index (χ0v) is 20.0. The summed E-state index contributed by atoms with van der Waals surface area (Å²) >= 11 is 0. The molecule has 0 saturated heterocycles. The maximum Gasteiger partial charge on any atom is 0.122 e. The molecule has 174 valence electrons. The van der Waals surface area contributed by atoms with Gasteiger partial charge >= 0.3 is 0 Å². The summed E-state index contributed by atoms with van der Waals surface area (Å²) in [4.78, 5) is 0. The fraction of sp³-hybridized carbons (Fsp3) is 0.786. The van der Waals surface area contributed by atoms with E-state index in [0.29, 0.717) is 0 Å². The van der Waals surface area contributed by atoms with Gasteiger partial charge in [-0.15, -0.1) is 0 Å². The Morgan fingerprint density at radius 2 is 0.867 bits per heavy atom. The molecule has 0 fully saturated rings. The first-order chi connectivity index (χ1) is 14.7. The highest BCUT2D eigenvalue weighted by atomic mass is 16.3. The molecule has 0 unspecified atom stereocenters. The molecule has 0 amide bonds. The fourth-order valence-corrected chi connectivity index (χ4v) is 4.33. The summed E-state index contributed by atoms with van der Waals surface area (Å²) in [7, 11) is 0. The van der Waals surface area contributed by atoms with E-state index in [9.17, 15) is 10.2 Å². The summed E-state index contributed by atoms with van der Waals surface area (Å²) in [6.07, 6.45) is 28.9. The van der Waals surface area contributed by atoms with E-state index in [1.807, 2.05) is 6.07 Å². The molecule has 0 heterocycles. The first-order valence-electron chi connectivity index (χ1n) is 13.2. The van der Waals surface area contributed by atoms with Crippen LogP contribution < -0.4 is 0 Å². The minimum absolute atomic E-state index is 0.139. The van der Waals surface area contributed by atoms with E-state index in [2.05, 4.69) is 6.92 Å². The minimum atomic E-state index is 0.139. The number of phenols is 2. The van der Waals surface area contributed by atoms with Gasteiger partial charge in [-0.3, -0.25) is 0 Å². The summed E-state index contributed by atoms with van der Waals surface area (Å²) in [6.45, 7) is 2.29. The van der Waals surface area contributed by atoms with Crippen molar-refractivity contribution in [1.82, 2.24) is 0 Å². The Hall–Kier alpha value is -1.18. The maximum atomic E-state index is 9.79. The van der Waals surface area contributed by atoms with E-state index in [1.165, 1.54) is 128 Å². The predicted molar refractivity (Wildman–Crippen MR) is 131 cm³/mol. The van der Waals surface area contributed by atoms with Gasteiger partial charge in [-0.25, -0.2) is 0 Å². The van der Waals surface area contributed by atoms with Gasteiger partial charge in [0.05, 0.1) is 0 Å². The lowest BCUT2D eigenvalue weighted by Gasteiger charge is -2.06. The van der Waals surface area contributed by atoms with Crippen molar-refractivity contribution in [2.75, 3.05) is 0 Å². The Labute approximate surface area is 187 Å². The molecule has 0 aliphatic heterocycles. The summed E-state index contributed by atoms with van der Waals surface area (Å²) in [5, 5.41) is 19.1. The van der Waals surface area contributed by atoms with E-state index >= 15 is 0 Å². The molecule has 30 heavy (non-hydrogen) atoms. The zero-order valence-electron chi connectivity index (χ0n) is 20.0. The third-order valence-electron chi connectivity index (χ3n) is 6.37. The summed E-state index contributed by atoms with van der Waals surface area (Å²) in [6, 6.07) is 4.93. The molecule has 2 heteroatoms. The number of unbranched alkanes of at least 4 members (excludes halogenated alkanes) is 19. The SMILES string of the molecule is CCCCCCCCCCCCCCCCCCCCCCc1ccc(O)cc1O. The highest BCUT2D eigenvalue weighted by Gasteiger charge is 2.02. The van der Waals surface area contributed by atoms with Crippen molar-refractivity contribution in [2.45, 2.75) is 142 Å². The Morgan fingerprint density at radius 3 is 1.23 bits per heavy atom. The second-order valence-corrected chi connectivity index (χ2v) is 9.28. The number of aromatic hydroxyl groups is 2. The molecule has 1 aromatic rings. The number of benzene rings is 1. The van der Waals surface area contributed by atoms with Gasteiger partial charge < -0.3 is 10.2 Å². The quantitative estimate of drug-likeness (QED) is 0.195. The lowest BCUT2D eigenvalue weighted by atomic mass is 10.0. The molecule has 0 atom stereocenters. The summed E-state index contributed by atoms with van der Waals surface area (Å²) in [5.74, 6) is 0.368. The van der Waals surface area contributed by atoms with E-state index < -0.39 is 0 Å². The van der Waals surface area contributed by atoms with Gasteiger partial charge in [0.15, 0.2) is 0 Å². The van der Waals surface area contributed by atoms with Crippen molar-refractivity contribution in [3.05, 3.63) is 23.8 Å². The molecule has 0 aliphatic rings. The van der Waals surface area contributed by atoms with Crippen LogP contribution in [-0.4, -0.2) is 10.2 Å². The number of rotatable bonds is 21. The topological polar surface area (TPSA) is 40.5 Å². The van der Waals surface area contributed by atoms with E-state index in [4.69, 9.17) is 0 Å². The van der Waals surface area contributed by atoms with Crippen LogP contribution in [-0.2, 0) is 6.42 Å². The van der Waals surface area contributed by atoms with Crippen LogP contribution in [0.3, 0.4) is 0 Å². The standard InChI is InChI=1S/C28H50O2/c1-2-3-4-5-6-7-8-9-10-11-12-13-14-15-16-17-18-19-20-21-22-26-23-24-27(29)25-28(26)30/h23-25,29-30H,2-22H2,1H3. The van der Waals surface area contributed by atoms with Crippen LogP contribution >= 0.6 is 0 Å². The molecule has 1 rings (SSSR count). The summed E-state index contributed by atoms with van der Waals surface area (Å²) < 4.78 is 0. The van der Waals surface area contributed by atoms with Crippen molar-refractivity contribution in [2.24, 2.45) is 0 Å². The third-order valence-corrected chi connectivity index (χ3v) is 6.37. The van der Waals surface area contributed by atoms with E-state index in [0.717, 1.165) is 18.4 Å². The van der Waals surface area contributed by atoms with Crippen molar-refractivity contribution < 1.29 is 10.2 Å². The van der Waals surface area contributed by atoms with Gasteiger partial charge in [-0.2, -0.15) is 0 Å². The second kappa shape index (κ2) is 19.8. The van der Waals surface area contributed by atoms with Crippen LogP contribution in [0, 0.1) is 0 Å². The monoisotopic (exact) mass is 418 g/mol. The average molecular weight is 419 g/mol. The fourth-order valence-electron chi connectivity index (χ4n) is 4.33. The zero-order chi connectivity index (χ0) is 21.7. The first-order valence-corrected chi connectivity index (χ1v) is 13.2. The van der Waals surface area contributed by atoms with Crippen LogP contribution in [0.4, 0.5) is 0 Å². The Bertz CT molecular complexity index is 497. The summed E-state index contributed by atoms with van der Waals surface area (Å²) in [5.41, 5.74) is 0.954. The Morgan fingerprint density at radius 1 is 0.500 bits per heavy atom. The first kappa shape index (κ1) is 26.9. The molecule has 1 aromatic carbocycles. The smallest absolute Gasteiger partial charge is 0.122 e. The van der Waals surface area contributed by atoms with Gasteiger partial charge in [0.1, 0.15) is 11.5 Å². The molecule has 0 radical (unpaired) electrons. The van der Waals surface area contributed by atoms with E-state index in [1.54, 1.807) is 6.07 Å². The van der Waals surface area contributed by atoms with Crippen LogP contribution in [0.2, 0.25) is 0 Å². The second-order valence-electron chi connectivity index (χ2n) is 9.28. The van der Waals surface area contributed by atoms with Crippen molar-refractivity contribution in [3.63, 3.8) is 0 Å². The predicted octanol–water partition coefficient (Wildman–Crippen LogP) is 9.46. The molecule has 0 aromatic heterocycles. The van der Waals surface area contributed by atoms with E-state index in [-0.39, 0.29) is 11.5 Å². The Kier molecular flexibility index (Phi) is 17.7. The molecule has 0 bridgehead atoms. The molecular formula is C28H50O2. The molecular weight excluding hydrogens is 368 g/mol. The highest BCUT2D eigenvalue weighted by molar-refractivity contribution is 5.38. The van der Waals surface area contributed by atoms with Gasteiger partial charge in [0.2, 0.25) is 0 Å². The lowest BCUT2D eigenvalue weighted by Crippen LogP contribution is -1.87. The third kappa shape index (κ3) is 15.6. The number of hydrogen-bond acceptors (Lipinski definition) is 2. The van der Waals surface area contributed by atoms with Crippen LogP contribution in [0.15, 0.2) is 18.2 Å². The number of phenolic OH excluding ortho intramolecular Hbond substituents is 2. The molecule has 0 aliphatic carbocycles. The molecule has 2 N–H and O–H groups in total. The number of hydrogen-bond donors (Lipinski definition) is 2. The van der Waals surface area contributed by atoms with Crippen LogP contribution in [0.1, 0.15) is 141 Å². The van der Waals surface area contributed by atoms with Gasteiger partial charge in [0, 0.05) is 6.07 Å². The Balaban J connectivity index is 1.74. The van der Waals surface area contributed by atoms with Crippen molar-refractivity contribution in [3.8, 4) is 11.5 Å². The normalized spacial score (nSPS) is 11.2. The van der Waals surface area contributed by atoms with Crippen LogP contribution in [0.25, 0.3) is 0 Å². The maximum absolute atomic E-state index is 9.79.